The van der Waals surface area contributed by atoms with E-state index in [4.69, 9.17) is 0 Å². The van der Waals surface area contributed by atoms with E-state index in [2.05, 4.69) is 28.8 Å². The number of ether oxygens (including phenoxy) is 1. The summed E-state index contributed by atoms with van der Waals surface area (Å²) < 4.78 is 10.5. The van der Waals surface area contributed by atoms with Crippen LogP contribution in [-0.4, -0.2) is 36.2 Å². The third-order valence-electron chi connectivity index (χ3n) is 5.64. The molecule has 0 aliphatic heterocycles. The molecule has 4 aromatic rings. The number of carbonyl (C=O) groups excluding carboxylic acids is 1. The Labute approximate surface area is 171 Å². The van der Waals surface area contributed by atoms with E-state index in [0.29, 0.717) is 5.78 Å². The molecule has 0 bridgehead atoms. The van der Waals surface area contributed by atoms with Gasteiger partial charge in [0.15, 0.2) is 11.2 Å². The molecule has 0 saturated carbocycles. The molecule has 3 heterocycles. The number of benzene rings is 1. The minimum Gasteiger partial charge on any atom is -0.468 e. The molecular formula is C21H23N5O4. The first-order chi connectivity index (χ1) is 14.3. The Hall–Kier alpha value is -3.62. The number of hydrogen-bond donors (Lipinski definition) is 0. The van der Waals surface area contributed by atoms with Gasteiger partial charge in [-0.15, -0.1) is 0 Å². The lowest BCUT2D eigenvalue weighted by Gasteiger charge is -2.08. The van der Waals surface area contributed by atoms with Crippen molar-refractivity contribution < 1.29 is 9.53 Å². The molecule has 9 nitrogen and oxygen atoms in total. The lowest BCUT2D eigenvalue weighted by atomic mass is 10.1. The standard InChI is InChI=1S/C21H23N5O4/c1-6-14-7-9-15(10-8-14)25-12(2)13(3)26-17-18(22-20(25)26)23(4)21(29)24(19(17)28)11-16(27)30-5/h7-10H,6,11H2,1-5H3. The van der Waals surface area contributed by atoms with Gasteiger partial charge in [0.05, 0.1) is 7.11 Å². The van der Waals surface area contributed by atoms with E-state index in [1.54, 1.807) is 4.40 Å². The highest BCUT2D eigenvalue weighted by atomic mass is 16.5. The smallest absolute Gasteiger partial charge is 0.333 e. The summed E-state index contributed by atoms with van der Waals surface area (Å²) in [4.78, 5) is 42.3. The van der Waals surface area contributed by atoms with Crippen LogP contribution in [0, 0.1) is 13.8 Å². The fraction of sp³-hybridized carbons (Fsp3) is 0.333. The average Bonchev–Trinajstić information content (AvgIpc) is 3.25. The molecule has 1 aromatic carbocycles. The number of methoxy groups -OCH3 is 1. The number of fused-ring (bicyclic) bond motifs is 3. The second-order valence-electron chi connectivity index (χ2n) is 7.25. The van der Waals surface area contributed by atoms with Gasteiger partial charge in [0.1, 0.15) is 6.54 Å². The molecule has 0 aliphatic rings. The molecule has 0 fully saturated rings. The Balaban J connectivity index is 2.09. The van der Waals surface area contributed by atoms with Crippen molar-refractivity contribution in [2.24, 2.45) is 7.05 Å². The van der Waals surface area contributed by atoms with Crippen LogP contribution in [0.2, 0.25) is 0 Å². The van der Waals surface area contributed by atoms with Crippen molar-refractivity contribution in [1.82, 2.24) is 23.1 Å². The lowest BCUT2D eigenvalue weighted by molar-refractivity contribution is -0.141. The fourth-order valence-corrected chi connectivity index (χ4v) is 3.77. The van der Waals surface area contributed by atoms with E-state index in [9.17, 15) is 14.4 Å². The quantitative estimate of drug-likeness (QED) is 0.476. The van der Waals surface area contributed by atoms with Gasteiger partial charge in [-0.3, -0.25) is 23.1 Å². The molecule has 0 radical (unpaired) electrons. The molecular weight excluding hydrogens is 386 g/mol. The number of esters is 1. The van der Waals surface area contributed by atoms with Gasteiger partial charge in [0.25, 0.3) is 5.56 Å². The Morgan fingerprint density at radius 1 is 1.10 bits per heavy atom. The van der Waals surface area contributed by atoms with Crippen LogP contribution in [0.15, 0.2) is 33.9 Å². The number of nitrogens with zero attached hydrogens (tertiary/aromatic N) is 5. The zero-order chi connectivity index (χ0) is 21.7. The van der Waals surface area contributed by atoms with Crippen molar-refractivity contribution in [3.8, 4) is 5.69 Å². The first-order valence-electron chi connectivity index (χ1n) is 9.66. The summed E-state index contributed by atoms with van der Waals surface area (Å²) >= 11 is 0. The molecule has 0 unspecified atom stereocenters. The second kappa shape index (κ2) is 7.01. The van der Waals surface area contributed by atoms with Crippen molar-refractivity contribution in [1.29, 1.82) is 0 Å². The maximum atomic E-state index is 13.2. The summed E-state index contributed by atoms with van der Waals surface area (Å²) in [6.07, 6.45) is 0.939. The van der Waals surface area contributed by atoms with Crippen molar-refractivity contribution in [3.63, 3.8) is 0 Å². The summed E-state index contributed by atoms with van der Waals surface area (Å²) in [5, 5.41) is 0. The topological polar surface area (TPSA) is 92.5 Å². The van der Waals surface area contributed by atoms with Gasteiger partial charge in [-0.25, -0.2) is 9.36 Å². The Kier molecular flexibility index (Phi) is 4.60. The van der Waals surface area contributed by atoms with Crippen LogP contribution in [0.25, 0.3) is 22.6 Å². The van der Waals surface area contributed by atoms with E-state index < -0.39 is 23.8 Å². The van der Waals surface area contributed by atoms with Crippen molar-refractivity contribution in [2.75, 3.05) is 7.11 Å². The fourth-order valence-electron chi connectivity index (χ4n) is 3.77. The molecule has 9 heteroatoms. The Bertz CT molecular complexity index is 1420. The van der Waals surface area contributed by atoms with E-state index >= 15 is 0 Å². The normalized spacial score (nSPS) is 11.5. The SMILES string of the molecule is CCc1ccc(-n2c(C)c(C)n3c4c(=O)n(CC(=O)OC)c(=O)n(C)c4nc23)cc1. The van der Waals surface area contributed by atoms with Crippen molar-refractivity contribution in [3.05, 3.63) is 62.1 Å². The number of aryl methyl sites for hydroxylation is 3. The second-order valence-corrected chi connectivity index (χ2v) is 7.25. The minimum atomic E-state index is -0.671. The predicted molar refractivity (Wildman–Crippen MR) is 112 cm³/mol. The maximum absolute atomic E-state index is 13.2. The highest BCUT2D eigenvalue weighted by molar-refractivity contribution is 5.78. The van der Waals surface area contributed by atoms with Gasteiger partial charge in [-0.1, -0.05) is 19.1 Å². The van der Waals surface area contributed by atoms with Crippen LogP contribution >= 0.6 is 0 Å². The van der Waals surface area contributed by atoms with E-state index in [-0.39, 0.29) is 11.2 Å². The molecule has 0 aliphatic carbocycles. The number of aromatic nitrogens is 5. The average molecular weight is 409 g/mol. The monoisotopic (exact) mass is 409 g/mol. The van der Waals surface area contributed by atoms with Gasteiger partial charge in [-0.05, 0) is 38.0 Å². The van der Waals surface area contributed by atoms with Gasteiger partial charge < -0.3 is 4.74 Å². The zero-order valence-corrected chi connectivity index (χ0v) is 17.6. The van der Waals surface area contributed by atoms with Crippen LogP contribution in [-0.2, 0) is 29.5 Å². The van der Waals surface area contributed by atoms with Gasteiger partial charge in [0, 0.05) is 24.1 Å². The number of rotatable bonds is 4. The molecule has 0 amide bonds. The first kappa shape index (κ1) is 19.7. The van der Waals surface area contributed by atoms with Crippen LogP contribution in [0.1, 0.15) is 23.9 Å². The molecule has 0 saturated heterocycles. The summed E-state index contributed by atoms with van der Waals surface area (Å²) in [5.41, 5.74) is 3.21. The van der Waals surface area contributed by atoms with Crippen LogP contribution in [0.4, 0.5) is 0 Å². The van der Waals surface area contributed by atoms with E-state index in [0.717, 1.165) is 28.1 Å². The van der Waals surface area contributed by atoms with Crippen molar-refractivity contribution in [2.45, 2.75) is 33.7 Å². The highest BCUT2D eigenvalue weighted by Crippen LogP contribution is 2.24. The molecule has 0 N–H and O–H groups in total. The molecule has 3 aromatic heterocycles. The largest absolute Gasteiger partial charge is 0.468 e. The van der Waals surface area contributed by atoms with E-state index in [1.807, 2.05) is 30.5 Å². The molecule has 0 spiro atoms. The predicted octanol–water partition coefficient (Wildman–Crippen LogP) is 1.49. The Morgan fingerprint density at radius 2 is 1.77 bits per heavy atom. The zero-order valence-electron chi connectivity index (χ0n) is 17.6. The van der Waals surface area contributed by atoms with Gasteiger partial charge in [-0.2, -0.15) is 4.98 Å². The Morgan fingerprint density at radius 3 is 2.37 bits per heavy atom. The number of imidazole rings is 2. The van der Waals surface area contributed by atoms with Crippen LogP contribution in [0.3, 0.4) is 0 Å². The lowest BCUT2D eigenvalue weighted by Crippen LogP contribution is -2.41. The number of hydrogen-bond acceptors (Lipinski definition) is 5. The van der Waals surface area contributed by atoms with Crippen LogP contribution < -0.4 is 11.2 Å². The third-order valence-corrected chi connectivity index (χ3v) is 5.64. The molecule has 156 valence electrons. The number of carbonyl (C=O) groups is 1. The summed E-state index contributed by atoms with van der Waals surface area (Å²) in [7, 11) is 2.75. The van der Waals surface area contributed by atoms with Gasteiger partial charge in [0.2, 0.25) is 5.78 Å². The molecule has 0 atom stereocenters. The molecule has 30 heavy (non-hydrogen) atoms. The van der Waals surface area contributed by atoms with E-state index in [1.165, 1.54) is 24.3 Å². The first-order valence-corrected chi connectivity index (χ1v) is 9.66. The highest BCUT2D eigenvalue weighted by Gasteiger charge is 2.24. The van der Waals surface area contributed by atoms with Gasteiger partial charge >= 0.3 is 11.7 Å². The maximum Gasteiger partial charge on any atom is 0.333 e. The minimum absolute atomic E-state index is 0.250. The summed E-state index contributed by atoms with van der Waals surface area (Å²) in [6.45, 7) is 5.50. The van der Waals surface area contributed by atoms with Crippen LogP contribution in [0.5, 0.6) is 0 Å². The third kappa shape index (κ3) is 2.69. The summed E-state index contributed by atoms with van der Waals surface area (Å²) in [6, 6.07) is 8.14. The summed E-state index contributed by atoms with van der Waals surface area (Å²) in [5.74, 6) is -0.136. The molecule has 4 rings (SSSR count). The van der Waals surface area contributed by atoms with Crippen molar-refractivity contribution >= 4 is 22.9 Å².